The second kappa shape index (κ2) is 8.03. The summed E-state index contributed by atoms with van der Waals surface area (Å²) in [6.07, 6.45) is 3.67. The van der Waals surface area contributed by atoms with E-state index < -0.39 is 5.97 Å². The van der Waals surface area contributed by atoms with Crippen LogP contribution >= 0.6 is 11.8 Å². The monoisotopic (exact) mass is 315 g/mol. The SMILES string of the molecule is CC(CC(=O)O)CC(=O)N(CC1CCCO1)C1CCSC1. The van der Waals surface area contributed by atoms with Crippen molar-refractivity contribution < 1.29 is 19.4 Å². The maximum absolute atomic E-state index is 12.6. The number of hydrogen-bond acceptors (Lipinski definition) is 4. The van der Waals surface area contributed by atoms with Crippen LogP contribution in [-0.2, 0) is 14.3 Å². The van der Waals surface area contributed by atoms with Gasteiger partial charge in [0.05, 0.1) is 6.10 Å². The molecule has 1 amide bonds. The number of carboxylic acids is 1. The molecule has 21 heavy (non-hydrogen) atoms. The Balaban J connectivity index is 1.92. The van der Waals surface area contributed by atoms with Crippen LogP contribution in [0.3, 0.4) is 0 Å². The molecule has 0 aromatic rings. The van der Waals surface area contributed by atoms with Crippen LogP contribution in [0.25, 0.3) is 0 Å². The van der Waals surface area contributed by atoms with Gasteiger partial charge in [-0.25, -0.2) is 0 Å². The van der Waals surface area contributed by atoms with E-state index in [4.69, 9.17) is 9.84 Å². The third kappa shape index (κ3) is 5.18. The van der Waals surface area contributed by atoms with E-state index in [1.807, 2.05) is 23.6 Å². The maximum Gasteiger partial charge on any atom is 0.303 e. The summed E-state index contributed by atoms with van der Waals surface area (Å²) >= 11 is 1.89. The first-order valence-corrected chi connectivity index (χ1v) is 8.92. The zero-order valence-corrected chi connectivity index (χ0v) is 13.4. The number of carbonyl (C=O) groups is 2. The molecule has 2 aliphatic heterocycles. The number of aliphatic carboxylic acids is 1. The molecule has 0 aliphatic carbocycles. The third-order valence-corrected chi connectivity index (χ3v) is 5.28. The van der Waals surface area contributed by atoms with Crippen LogP contribution < -0.4 is 0 Å². The number of ether oxygens (including phenoxy) is 1. The molecule has 0 spiro atoms. The Morgan fingerprint density at radius 2 is 2.19 bits per heavy atom. The molecule has 5 nitrogen and oxygen atoms in total. The van der Waals surface area contributed by atoms with Crippen LogP contribution in [0, 0.1) is 5.92 Å². The van der Waals surface area contributed by atoms with E-state index in [0.29, 0.717) is 19.0 Å². The van der Waals surface area contributed by atoms with Gasteiger partial charge < -0.3 is 14.7 Å². The Bertz CT molecular complexity index is 365. The number of carboxylic acid groups (broad SMARTS) is 1. The van der Waals surface area contributed by atoms with Gasteiger partial charge >= 0.3 is 5.97 Å². The van der Waals surface area contributed by atoms with Crippen LogP contribution in [0.2, 0.25) is 0 Å². The first-order valence-electron chi connectivity index (χ1n) is 7.77. The number of amides is 1. The fourth-order valence-electron chi connectivity index (χ4n) is 3.02. The summed E-state index contributed by atoms with van der Waals surface area (Å²) in [4.78, 5) is 25.3. The molecule has 0 radical (unpaired) electrons. The van der Waals surface area contributed by atoms with Gasteiger partial charge in [-0.2, -0.15) is 11.8 Å². The molecule has 0 bridgehead atoms. The van der Waals surface area contributed by atoms with Crippen LogP contribution in [0.1, 0.15) is 39.0 Å². The summed E-state index contributed by atoms with van der Waals surface area (Å²) in [5.41, 5.74) is 0. The summed E-state index contributed by atoms with van der Waals surface area (Å²) in [5.74, 6) is 1.23. The van der Waals surface area contributed by atoms with E-state index in [1.54, 1.807) is 0 Å². The molecule has 3 atom stereocenters. The fraction of sp³-hybridized carbons (Fsp3) is 0.867. The van der Waals surface area contributed by atoms with E-state index in [2.05, 4.69) is 0 Å². The molecule has 1 N–H and O–H groups in total. The molecule has 120 valence electrons. The number of rotatable bonds is 7. The minimum atomic E-state index is -0.836. The molecule has 2 rings (SSSR count). The topological polar surface area (TPSA) is 66.8 Å². The molecule has 2 aliphatic rings. The third-order valence-electron chi connectivity index (χ3n) is 4.14. The minimum absolute atomic E-state index is 0.0545. The lowest BCUT2D eigenvalue weighted by molar-refractivity contribution is -0.139. The highest BCUT2D eigenvalue weighted by molar-refractivity contribution is 7.99. The maximum atomic E-state index is 12.6. The van der Waals surface area contributed by atoms with Crippen molar-refractivity contribution >= 4 is 23.6 Å². The molecule has 2 fully saturated rings. The zero-order chi connectivity index (χ0) is 15.2. The van der Waals surface area contributed by atoms with Crippen molar-refractivity contribution in [3.8, 4) is 0 Å². The van der Waals surface area contributed by atoms with Gasteiger partial charge in [0.2, 0.25) is 5.91 Å². The molecule has 2 heterocycles. The highest BCUT2D eigenvalue weighted by Gasteiger charge is 2.31. The first-order chi connectivity index (χ1) is 10.1. The zero-order valence-electron chi connectivity index (χ0n) is 12.6. The minimum Gasteiger partial charge on any atom is -0.481 e. The van der Waals surface area contributed by atoms with Gasteiger partial charge in [-0.05, 0) is 30.9 Å². The van der Waals surface area contributed by atoms with Crippen molar-refractivity contribution in [1.29, 1.82) is 0 Å². The van der Waals surface area contributed by atoms with E-state index in [9.17, 15) is 9.59 Å². The van der Waals surface area contributed by atoms with Crippen LogP contribution in [0.5, 0.6) is 0 Å². The molecule has 0 saturated carbocycles. The van der Waals surface area contributed by atoms with Crippen molar-refractivity contribution in [2.45, 2.75) is 51.2 Å². The Labute approximate surface area is 130 Å². The van der Waals surface area contributed by atoms with Crippen LogP contribution in [0.4, 0.5) is 0 Å². The van der Waals surface area contributed by atoms with Crippen molar-refractivity contribution in [3.05, 3.63) is 0 Å². The Kier molecular flexibility index (Phi) is 6.36. The predicted molar refractivity (Wildman–Crippen MR) is 82.5 cm³/mol. The van der Waals surface area contributed by atoms with E-state index in [0.717, 1.165) is 37.4 Å². The van der Waals surface area contributed by atoms with E-state index >= 15 is 0 Å². The predicted octanol–water partition coefficient (Wildman–Crippen LogP) is 2.00. The molecular formula is C15H25NO4S. The van der Waals surface area contributed by atoms with Crippen molar-refractivity contribution in [1.82, 2.24) is 4.90 Å². The van der Waals surface area contributed by atoms with Gasteiger partial charge in [0.25, 0.3) is 0 Å². The standard InChI is InChI=1S/C15H25NO4S/c1-11(8-15(18)19)7-14(17)16(12-4-6-21-10-12)9-13-3-2-5-20-13/h11-13H,2-10H2,1H3,(H,18,19). The number of thioether (sulfide) groups is 1. The number of carbonyl (C=O) groups excluding carboxylic acids is 1. The lowest BCUT2D eigenvalue weighted by Gasteiger charge is -2.31. The van der Waals surface area contributed by atoms with Gasteiger partial charge in [-0.15, -0.1) is 0 Å². The summed E-state index contributed by atoms with van der Waals surface area (Å²) in [7, 11) is 0. The molecule has 6 heteroatoms. The summed E-state index contributed by atoms with van der Waals surface area (Å²) in [5, 5.41) is 8.83. The average molecular weight is 315 g/mol. The largest absolute Gasteiger partial charge is 0.481 e. The second-order valence-corrected chi connectivity index (χ2v) is 7.26. The summed E-state index contributed by atoms with van der Waals surface area (Å²) in [6.45, 7) is 3.30. The molecule has 3 unspecified atom stereocenters. The fourth-order valence-corrected chi connectivity index (χ4v) is 4.24. The first kappa shape index (κ1) is 16.6. The Morgan fingerprint density at radius 1 is 1.38 bits per heavy atom. The Morgan fingerprint density at radius 3 is 2.76 bits per heavy atom. The van der Waals surface area contributed by atoms with Crippen LogP contribution in [-0.4, -0.2) is 58.7 Å². The van der Waals surface area contributed by atoms with Gasteiger partial charge in [0.15, 0.2) is 0 Å². The van der Waals surface area contributed by atoms with Gasteiger partial charge in [0.1, 0.15) is 0 Å². The normalized spacial score (nSPS) is 26.7. The van der Waals surface area contributed by atoms with Crippen molar-refractivity contribution in [2.75, 3.05) is 24.7 Å². The second-order valence-electron chi connectivity index (χ2n) is 6.11. The van der Waals surface area contributed by atoms with E-state index in [-0.39, 0.29) is 24.3 Å². The lowest BCUT2D eigenvalue weighted by atomic mass is 10.0. The highest BCUT2D eigenvalue weighted by atomic mass is 32.2. The molecule has 0 aromatic carbocycles. The lowest BCUT2D eigenvalue weighted by Crippen LogP contribution is -2.45. The van der Waals surface area contributed by atoms with E-state index in [1.165, 1.54) is 0 Å². The quantitative estimate of drug-likeness (QED) is 0.778. The van der Waals surface area contributed by atoms with Crippen LogP contribution in [0.15, 0.2) is 0 Å². The van der Waals surface area contributed by atoms with Gasteiger partial charge in [-0.1, -0.05) is 6.92 Å². The molecular weight excluding hydrogens is 290 g/mol. The summed E-state index contributed by atoms with van der Waals surface area (Å²) in [6, 6.07) is 0.295. The van der Waals surface area contributed by atoms with Crippen molar-refractivity contribution in [2.24, 2.45) is 5.92 Å². The number of nitrogens with zero attached hydrogens (tertiary/aromatic N) is 1. The highest BCUT2D eigenvalue weighted by Crippen LogP contribution is 2.26. The Hall–Kier alpha value is -0.750. The van der Waals surface area contributed by atoms with Crippen molar-refractivity contribution in [3.63, 3.8) is 0 Å². The number of hydrogen-bond donors (Lipinski definition) is 1. The molecule has 2 saturated heterocycles. The van der Waals surface area contributed by atoms with Gasteiger partial charge in [-0.3, -0.25) is 9.59 Å². The summed E-state index contributed by atoms with van der Waals surface area (Å²) < 4.78 is 5.67. The average Bonchev–Trinajstić information content (AvgIpc) is 3.08. The smallest absolute Gasteiger partial charge is 0.303 e. The van der Waals surface area contributed by atoms with Gasteiger partial charge in [0, 0.05) is 37.8 Å². The molecule has 0 aromatic heterocycles.